The van der Waals surface area contributed by atoms with E-state index in [2.05, 4.69) is 10.1 Å². The molecule has 0 aliphatic carbocycles. The van der Waals surface area contributed by atoms with Crippen LogP contribution in [0.3, 0.4) is 0 Å². The molecule has 0 saturated carbocycles. The van der Waals surface area contributed by atoms with Gasteiger partial charge in [-0.1, -0.05) is 59.6 Å². The van der Waals surface area contributed by atoms with E-state index < -0.39 is 0 Å². The average molecular weight is 388 g/mol. The Kier molecular flexibility index (Phi) is 4.21. The van der Waals surface area contributed by atoms with Gasteiger partial charge in [-0.2, -0.15) is 4.68 Å². The molecule has 0 fully saturated rings. The third kappa shape index (κ3) is 3.02. The van der Waals surface area contributed by atoms with Crippen LogP contribution in [0.5, 0.6) is 0 Å². The molecule has 7 heteroatoms. The fourth-order valence-corrected chi connectivity index (χ4v) is 3.90. The highest BCUT2D eigenvalue weighted by molar-refractivity contribution is 7.12. The van der Waals surface area contributed by atoms with Gasteiger partial charge < -0.3 is 0 Å². The molecule has 2 aromatic carbocycles. The number of benzene rings is 2. The Labute approximate surface area is 157 Å². The second kappa shape index (κ2) is 6.52. The third-order valence-electron chi connectivity index (χ3n) is 3.71. The summed E-state index contributed by atoms with van der Waals surface area (Å²) >= 11 is 13.8. The Hall–Kier alpha value is -2.34. The van der Waals surface area contributed by atoms with Crippen LogP contribution < -0.4 is 5.56 Å². The van der Waals surface area contributed by atoms with Crippen molar-refractivity contribution in [3.8, 4) is 27.6 Å². The summed E-state index contributed by atoms with van der Waals surface area (Å²) in [6.45, 7) is 0. The van der Waals surface area contributed by atoms with Crippen molar-refractivity contribution < 1.29 is 0 Å². The summed E-state index contributed by atoms with van der Waals surface area (Å²) in [6.07, 6.45) is 0. The van der Waals surface area contributed by atoms with E-state index in [4.69, 9.17) is 23.2 Å². The molecule has 2 aromatic heterocycles. The molecule has 0 aliphatic heterocycles. The zero-order valence-electron chi connectivity index (χ0n) is 12.7. The predicted octanol–water partition coefficient (Wildman–Crippen LogP) is 5.26. The van der Waals surface area contributed by atoms with Gasteiger partial charge in [-0.25, -0.2) is 4.98 Å². The summed E-state index contributed by atoms with van der Waals surface area (Å²) in [6, 6.07) is 16.5. The molecular weight excluding hydrogens is 377 g/mol. The molecule has 0 unspecified atom stereocenters. The molecule has 0 bridgehead atoms. The molecule has 0 aliphatic rings. The monoisotopic (exact) mass is 387 g/mol. The number of hydrogen-bond acceptors (Lipinski definition) is 3. The summed E-state index contributed by atoms with van der Waals surface area (Å²) in [7, 11) is 0. The number of halogens is 2. The van der Waals surface area contributed by atoms with E-state index in [0.29, 0.717) is 26.4 Å². The number of H-pyrrole nitrogens is 1. The van der Waals surface area contributed by atoms with Crippen LogP contribution >= 0.6 is 34.5 Å². The van der Waals surface area contributed by atoms with Gasteiger partial charge in [0.1, 0.15) is 0 Å². The first-order chi connectivity index (χ1) is 12.1. The van der Waals surface area contributed by atoms with Gasteiger partial charge in [0.05, 0.1) is 21.4 Å². The van der Waals surface area contributed by atoms with Gasteiger partial charge in [-0.15, -0.1) is 11.3 Å². The Morgan fingerprint density at radius 1 is 1.00 bits per heavy atom. The Morgan fingerprint density at radius 3 is 2.44 bits per heavy atom. The first-order valence-corrected chi connectivity index (χ1v) is 9.05. The lowest BCUT2D eigenvalue weighted by atomic mass is 10.2. The van der Waals surface area contributed by atoms with Crippen LogP contribution in [0, 0.1) is 0 Å². The van der Waals surface area contributed by atoms with Gasteiger partial charge in [0.15, 0.2) is 0 Å². The summed E-state index contributed by atoms with van der Waals surface area (Å²) in [5, 5.41) is 6.49. The topological polar surface area (TPSA) is 50.7 Å². The van der Waals surface area contributed by atoms with Crippen LogP contribution in [0.1, 0.15) is 0 Å². The van der Waals surface area contributed by atoms with Crippen molar-refractivity contribution in [1.82, 2.24) is 14.8 Å². The lowest BCUT2D eigenvalue weighted by molar-refractivity contribution is 0.843. The van der Waals surface area contributed by atoms with Gasteiger partial charge in [-0.05, 0) is 17.7 Å². The Balaban J connectivity index is 1.77. The maximum absolute atomic E-state index is 12.3. The molecular formula is C18H11Cl2N3OS. The van der Waals surface area contributed by atoms with E-state index in [-0.39, 0.29) is 5.56 Å². The van der Waals surface area contributed by atoms with Crippen LogP contribution in [-0.2, 0) is 0 Å². The third-order valence-corrected chi connectivity index (χ3v) is 5.16. The van der Waals surface area contributed by atoms with Crippen LogP contribution in [0.25, 0.3) is 27.6 Å². The molecule has 4 nitrogen and oxygen atoms in total. The maximum Gasteiger partial charge on any atom is 0.273 e. The molecule has 0 spiro atoms. The lowest BCUT2D eigenvalue weighted by Crippen LogP contribution is -2.13. The molecule has 0 atom stereocenters. The second-order valence-electron chi connectivity index (χ2n) is 5.32. The van der Waals surface area contributed by atoms with E-state index in [1.165, 1.54) is 16.0 Å². The van der Waals surface area contributed by atoms with Crippen molar-refractivity contribution in [2.45, 2.75) is 0 Å². The zero-order chi connectivity index (χ0) is 17.4. The van der Waals surface area contributed by atoms with Crippen molar-refractivity contribution in [2.75, 3.05) is 0 Å². The van der Waals surface area contributed by atoms with Crippen molar-refractivity contribution >= 4 is 34.5 Å². The molecule has 0 amide bonds. The predicted molar refractivity (Wildman–Crippen MR) is 103 cm³/mol. The highest BCUT2D eigenvalue weighted by Gasteiger charge is 2.15. The lowest BCUT2D eigenvalue weighted by Gasteiger charge is -2.03. The molecule has 1 N–H and O–H groups in total. The molecule has 124 valence electrons. The summed E-state index contributed by atoms with van der Waals surface area (Å²) in [5.41, 5.74) is 2.79. The van der Waals surface area contributed by atoms with E-state index in [9.17, 15) is 4.79 Å². The molecule has 2 heterocycles. The quantitative estimate of drug-likeness (QED) is 0.520. The Bertz CT molecular complexity index is 1080. The zero-order valence-corrected chi connectivity index (χ0v) is 15.1. The highest BCUT2D eigenvalue weighted by atomic mass is 35.5. The van der Waals surface area contributed by atoms with Crippen LogP contribution in [0.4, 0.5) is 0 Å². The highest BCUT2D eigenvalue weighted by Crippen LogP contribution is 2.35. The number of nitrogens with zero attached hydrogens (tertiary/aromatic N) is 2. The van der Waals surface area contributed by atoms with E-state index in [1.807, 2.05) is 35.7 Å². The van der Waals surface area contributed by atoms with E-state index in [0.717, 1.165) is 11.3 Å². The first kappa shape index (κ1) is 16.1. The standard InChI is InChI=1S/C18H11Cl2N3OS/c19-12-7-4-8-13(20)17(12)15-10-25-18(21-15)23-16(24)9-14(22-23)11-5-2-1-3-6-11/h1-10,22H. The number of rotatable bonds is 3. The van der Waals surface area contributed by atoms with Gasteiger partial charge >= 0.3 is 0 Å². The number of aromatic nitrogens is 3. The van der Waals surface area contributed by atoms with Gasteiger partial charge in [-0.3, -0.25) is 9.89 Å². The Morgan fingerprint density at radius 2 is 1.72 bits per heavy atom. The SMILES string of the molecule is O=c1cc(-c2ccccc2)[nH]n1-c1nc(-c2c(Cl)cccc2Cl)cs1. The number of thiazole rings is 1. The smallest absolute Gasteiger partial charge is 0.273 e. The molecule has 0 radical (unpaired) electrons. The van der Waals surface area contributed by atoms with E-state index >= 15 is 0 Å². The maximum atomic E-state index is 12.3. The molecule has 4 rings (SSSR count). The fourth-order valence-electron chi connectivity index (χ4n) is 2.53. The summed E-state index contributed by atoms with van der Waals surface area (Å²) < 4.78 is 1.42. The largest absolute Gasteiger partial charge is 0.288 e. The minimum Gasteiger partial charge on any atom is -0.288 e. The second-order valence-corrected chi connectivity index (χ2v) is 6.97. The average Bonchev–Trinajstić information content (AvgIpc) is 3.22. The van der Waals surface area contributed by atoms with Crippen molar-refractivity contribution in [2.24, 2.45) is 0 Å². The molecule has 0 saturated heterocycles. The minimum absolute atomic E-state index is 0.176. The summed E-state index contributed by atoms with van der Waals surface area (Å²) in [4.78, 5) is 16.9. The minimum atomic E-state index is -0.176. The van der Waals surface area contributed by atoms with Gasteiger partial charge in [0, 0.05) is 17.0 Å². The van der Waals surface area contributed by atoms with Crippen LogP contribution in [-0.4, -0.2) is 14.8 Å². The van der Waals surface area contributed by atoms with Crippen molar-refractivity contribution in [1.29, 1.82) is 0 Å². The van der Waals surface area contributed by atoms with Gasteiger partial charge in [0.2, 0.25) is 5.13 Å². The van der Waals surface area contributed by atoms with Crippen molar-refractivity contribution in [3.63, 3.8) is 0 Å². The van der Waals surface area contributed by atoms with Crippen LogP contribution in [0.2, 0.25) is 10.0 Å². The fraction of sp³-hybridized carbons (Fsp3) is 0. The van der Waals surface area contributed by atoms with Crippen molar-refractivity contribution in [3.05, 3.63) is 80.4 Å². The molecule has 25 heavy (non-hydrogen) atoms. The number of nitrogens with one attached hydrogen (secondary N) is 1. The first-order valence-electron chi connectivity index (χ1n) is 7.41. The summed E-state index contributed by atoms with van der Waals surface area (Å²) in [5.74, 6) is 0. The molecule has 4 aromatic rings. The van der Waals surface area contributed by atoms with Gasteiger partial charge in [0.25, 0.3) is 5.56 Å². The number of hydrogen-bond donors (Lipinski definition) is 1. The van der Waals surface area contributed by atoms with E-state index in [1.54, 1.807) is 24.3 Å². The normalized spacial score (nSPS) is 11.0. The van der Waals surface area contributed by atoms with Crippen LogP contribution in [0.15, 0.2) is 64.8 Å². The number of aromatic amines is 1.